The highest BCUT2D eigenvalue weighted by molar-refractivity contribution is 6.04. The quantitative estimate of drug-likeness (QED) is 0.620. The van der Waals surface area contributed by atoms with Gasteiger partial charge >= 0.3 is 11.4 Å². The van der Waals surface area contributed by atoms with Crippen LogP contribution in [0.25, 0.3) is 0 Å². The molecule has 0 saturated carbocycles. The molecule has 0 bridgehead atoms. The molecule has 0 atom stereocenters. The molecule has 1 amide bonds. The number of aromatic amines is 1. The van der Waals surface area contributed by atoms with Crippen LogP contribution in [0.4, 0.5) is 17.3 Å². The molecule has 20 heavy (non-hydrogen) atoms. The summed E-state index contributed by atoms with van der Waals surface area (Å²) in [7, 11) is 0. The highest BCUT2D eigenvalue weighted by Gasteiger charge is 2.25. The average Bonchev–Trinajstić information content (AvgIpc) is 2.90. The lowest BCUT2D eigenvalue weighted by Gasteiger charge is -2.01. The van der Waals surface area contributed by atoms with E-state index in [2.05, 4.69) is 20.5 Å². The molecule has 2 N–H and O–H groups in total. The van der Waals surface area contributed by atoms with Crippen LogP contribution in [0.2, 0.25) is 0 Å². The van der Waals surface area contributed by atoms with Crippen molar-refractivity contribution in [2.24, 2.45) is 0 Å². The van der Waals surface area contributed by atoms with Crippen LogP contribution in [0.5, 0.6) is 0 Å². The number of nitrogens with zero attached hydrogens (tertiary/aromatic N) is 4. The van der Waals surface area contributed by atoms with Crippen molar-refractivity contribution >= 4 is 23.2 Å². The molecule has 0 radical (unpaired) electrons. The lowest BCUT2D eigenvalue weighted by molar-refractivity contribution is -0.422. The average molecular weight is 278 g/mol. The van der Waals surface area contributed by atoms with Crippen molar-refractivity contribution in [2.75, 3.05) is 5.32 Å². The van der Waals surface area contributed by atoms with E-state index in [1.165, 1.54) is 0 Å². The fraction of sp³-hybridized carbons (Fsp3) is 0. The molecular weight excluding hydrogens is 272 g/mol. The zero-order valence-corrected chi connectivity index (χ0v) is 9.64. The van der Waals surface area contributed by atoms with Crippen molar-refractivity contribution in [1.82, 2.24) is 15.2 Å². The Kier molecular flexibility index (Phi) is 3.33. The van der Waals surface area contributed by atoms with Crippen LogP contribution in [0, 0.1) is 20.2 Å². The predicted molar refractivity (Wildman–Crippen MR) is 64.1 cm³/mol. The number of nitro groups is 2. The van der Waals surface area contributed by atoms with Crippen molar-refractivity contribution in [3.8, 4) is 0 Å². The molecule has 0 fully saturated rings. The second-order valence-electron chi connectivity index (χ2n) is 3.51. The Morgan fingerprint density at radius 2 is 1.90 bits per heavy atom. The van der Waals surface area contributed by atoms with E-state index >= 15 is 0 Å². The van der Waals surface area contributed by atoms with Crippen molar-refractivity contribution in [2.45, 2.75) is 0 Å². The van der Waals surface area contributed by atoms with Crippen LogP contribution in [0.3, 0.4) is 0 Å². The number of carbonyl (C=O) groups is 1. The Labute approximate surface area is 109 Å². The minimum absolute atomic E-state index is 0.0519. The summed E-state index contributed by atoms with van der Waals surface area (Å²) >= 11 is 0. The fourth-order valence-corrected chi connectivity index (χ4v) is 1.41. The lowest BCUT2D eigenvalue weighted by atomic mass is 10.1. The van der Waals surface area contributed by atoms with Crippen LogP contribution in [0.15, 0.2) is 24.5 Å². The molecule has 0 aliphatic heterocycles. The van der Waals surface area contributed by atoms with Crippen LogP contribution in [-0.2, 0) is 0 Å². The third kappa shape index (κ3) is 2.55. The first-order chi connectivity index (χ1) is 9.49. The normalized spacial score (nSPS) is 10.0. The number of rotatable bonds is 4. The maximum absolute atomic E-state index is 11.8. The molecule has 0 unspecified atom stereocenters. The Hall–Kier alpha value is -3.37. The SMILES string of the molecule is O=C(Nc1ncn[nH]1)c1ccc([N+](=O)[O-])c([N+](=O)[O-])c1. The van der Waals surface area contributed by atoms with Gasteiger partial charge in [0.1, 0.15) is 6.33 Å². The number of hydrogen-bond donors (Lipinski definition) is 2. The summed E-state index contributed by atoms with van der Waals surface area (Å²) in [5.41, 5.74) is -1.56. The highest BCUT2D eigenvalue weighted by Crippen LogP contribution is 2.27. The van der Waals surface area contributed by atoms with Crippen molar-refractivity contribution in [3.63, 3.8) is 0 Å². The minimum atomic E-state index is -0.927. The molecule has 11 heteroatoms. The second kappa shape index (κ2) is 5.09. The van der Waals surface area contributed by atoms with Gasteiger partial charge in [-0.3, -0.25) is 30.3 Å². The molecule has 2 rings (SSSR count). The first kappa shape index (κ1) is 13.1. The van der Waals surface area contributed by atoms with Crippen molar-refractivity contribution < 1.29 is 14.6 Å². The molecule has 0 saturated heterocycles. The maximum Gasteiger partial charge on any atom is 0.346 e. The number of H-pyrrole nitrogens is 1. The molecule has 102 valence electrons. The van der Waals surface area contributed by atoms with E-state index < -0.39 is 27.1 Å². The number of benzene rings is 1. The molecule has 0 aliphatic carbocycles. The first-order valence-electron chi connectivity index (χ1n) is 5.08. The number of aromatic nitrogens is 3. The lowest BCUT2D eigenvalue weighted by Crippen LogP contribution is -2.13. The Morgan fingerprint density at radius 3 is 2.45 bits per heavy atom. The maximum atomic E-state index is 11.8. The van der Waals surface area contributed by atoms with Gasteiger partial charge in [0.25, 0.3) is 5.91 Å². The summed E-state index contributed by atoms with van der Waals surface area (Å²) in [5.74, 6) is -0.657. The number of hydrogen-bond acceptors (Lipinski definition) is 7. The van der Waals surface area contributed by atoms with Crippen LogP contribution in [-0.4, -0.2) is 30.9 Å². The molecule has 0 aliphatic rings. The Bertz CT molecular complexity index is 682. The van der Waals surface area contributed by atoms with Gasteiger partial charge in [0, 0.05) is 17.7 Å². The van der Waals surface area contributed by atoms with Gasteiger partial charge in [-0.2, -0.15) is 10.1 Å². The largest absolute Gasteiger partial charge is 0.346 e. The summed E-state index contributed by atoms with van der Waals surface area (Å²) in [4.78, 5) is 35.0. The smallest absolute Gasteiger partial charge is 0.291 e. The zero-order valence-electron chi connectivity index (χ0n) is 9.64. The van der Waals surface area contributed by atoms with E-state index in [4.69, 9.17) is 0 Å². The molecule has 0 spiro atoms. The predicted octanol–water partition coefficient (Wildman–Crippen LogP) is 0.873. The van der Waals surface area contributed by atoms with Gasteiger partial charge < -0.3 is 0 Å². The van der Waals surface area contributed by atoms with Crippen LogP contribution >= 0.6 is 0 Å². The summed E-state index contributed by atoms with van der Waals surface area (Å²) in [6.45, 7) is 0. The number of amides is 1. The molecule has 1 heterocycles. The van der Waals surface area contributed by atoms with Gasteiger partial charge in [0.05, 0.1) is 9.85 Å². The van der Waals surface area contributed by atoms with E-state index in [0.717, 1.165) is 24.5 Å². The van der Waals surface area contributed by atoms with Gasteiger partial charge in [-0.15, -0.1) is 0 Å². The minimum Gasteiger partial charge on any atom is -0.291 e. The molecule has 11 nitrogen and oxygen atoms in total. The van der Waals surface area contributed by atoms with Crippen molar-refractivity contribution in [1.29, 1.82) is 0 Å². The van der Waals surface area contributed by atoms with E-state index in [-0.39, 0.29) is 11.5 Å². The molecule has 1 aromatic carbocycles. The number of nitro benzene ring substituents is 2. The zero-order chi connectivity index (χ0) is 14.7. The summed E-state index contributed by atoms with van der Waals surface area (Å²) in [6, 6.07) is 2.83. The van der Waals surface area contributed by atoms with E-state index in [1.807, 2.05) is 0 Å². The van der Waals surface area contributed by atoms with Gasteiger partial charge in [0.15, 0.2) is 0 Å². The first-order valence-corrected chi connectivity index (χ1v) is 5.08. The van der Waals surface area contributed by atoms with Crippen molar-refractivity contribution in [3.05, 3.63) is 50.3 Å². The molecule has 1 aromatic heterocycles. The molecular formula is C9H6N6O5. The van der Waals surface area contributed by atoms with Gasteiger partial charge in [-0.1, -0.05) is 0 Å². The van der Waals surface area contributed by atoms with E-state index in [1.54, 1.807) is 0 Å². The van der Waals surface area contributed by atoms with E-state index in [0.29, 0.717) is 0 Å². The third-order valence-corrected chi connectivity index (χ3v) is 2.28. The number of carbonyl (C=O) groups excluding carboxylic acids is 1. The number of nitrogens with one attached hydrogen (secondary N) is 2. The third-order valence-electron chi connectivity index (χ3n) is 2.28. The fourth-order valence-electron chi connectivity index (χ4n) is 1.41. The summed E-state index contributed by atoms with van der Waals surface area (Å²) in [6.07, 6.45) is 1.16. The van der Waals surface area contributed by atoms with Gasteiger partial charge in [0.2, 0.25) is 5.95 Å². The molecule has 2 aromatic rings. The second-order valence-corrected chi connectivity index (χ2v) is 3.51. The Morgan fingerprint density at radius 1 is 1.20 bits per heavy atom. The number of anilines is 1. The summed E-state index contributed by atoms with van der Waals surface area (Å²) < 4.78 is 0. The monoisotopic (exact) mass is 278 g/mol. The summed E-state index contributed by atoms with van der Waals surface area (Å²) in [5, 5.41) is 29.6. The van der Waals surface area contributed by atoms with Crippen LogP contribution in [0.1, 0.15) is 10.4 Å². The van der Waals surface area contributed by atoms with Crippen LogP contribution < -0.4 is 5.32 Å². The topological polar surface area (TPSA) is 157 Å². The standard InChI is InChI=1S/C9H6N6O5/c16-8(12-9-10-4-11-13-9)5-1-2-6(14(17)18)7(3-5)15(19)20/h1-4H,(H2,10,11,12,13,16). The Balaban J connectivity index is 2.33. The van der Waals surface area contributed by atoms with E-state index in [9.17, 15) is 25.0 Å². The highest BCUT2D eigenvalue weighted by atomic mass is 16.6. The van der Waals surface area contributed by atoms with Gasteiger partial charge in [-0.25, -0.2) is 5.10 Å². The van der Waals surface area contributed by atoms with Gasteiger partial charge in [-0.05, 0) is 6.07 Å².